The molecule has 0 heterocycles. The summed E-state index contributed by atoms with van der Waals surface area (Å²) in [4.78, 5) is 2.08. The van der Waals surface area contributed by atoms with E-state index in [0.717, 1.165) is 25.2 Å². The largest absolute Gasteiger partial charge is 0.329 e. The van der Waals surface area contributed by atoms with Crippen LogP contribution in [0, 0.1) is 0 Å². The summed E-state index contributed by atoms with van der Waals surface area (Å²) in [5.74, 6) is 0. The van der Waals surface area contributed by atoms with Gasteiger partial charge in [-0.2, -0.15) is 0 Å². The van der Waals surface area contributed by atoms with Crippen LogP contribution in [0.15, 0.2) is 8.80 Å². The van der Waals surface area contributed by atoms with E-state index in [1.807, 2.05) is 7.05 Å². The normalized spacial score (nSPS) is 11.2. The van der Waals surface area contributed by atoms with Gasteiger partial charge in [-0.15, -0.1) is 0 Å². The van der Waals surface area contributed by atoms with Crippen LogP contribution in [0.25, 0.3) is 0 Å². The Kier molecular flexibility index (Phi) is 7.44. The minimum atomic E-state index is 0.678. The standard InChI is InChI=1S/C6H14N4S/c1-8-11-9-4-6-10(2)5-3-7/h4H,1,3,5-7H2,2H3/b9-4+. The van der Waals surface area contributed by atoms with Gasteiger partial charge in [-0.25, -0.2) is 8.80 Å². The highest BCUT2D eigenvalue weighted by atomic mass is 32.2. The van der Waals surface area contributed by atoms with Gasteiger partial charge in [-0.3, -0.25) is 4.90 Å². The van der Waals surface area contributed by atoms with Crippen LogP contribution in [-0.2, 0) is 0 Å². The molecule has 0 aromatic heterocycles. The Bertz CT molecular complexity index is 126. The van der Waals surface area contributed by atoms with Gasteiger partial charge in [-0.1, -0.05) is 0 Å². The Hall–Kier alpha value is -0.390. The second-order valence-corrected chi connectivity index (χ2v) is 2.68. The number of likely N-dealkylation sites (N-methyl/N-ethyl adjacent to an activating group) is 1. The first-order valence-corrected chi connectivity index (χ1v) is 4.07. The van der Waals surface area contributed by atoms with Crippen LogP contribution in [0.2, 0.25) is 0 Å². The third-order valence-corrected chi connectivity index (χ3v) is 1.44. The zero-order valence-corrected chi connectivity index (χ0v) is 7.55. The van der Waals surface area contributed by atoms with Crippen molar-refractivity contribution in [2.45, 2.75) is 0 Å². The van der Waals surface area contributed by atoms with Gasteiger partial charge in [-0.05, 0) is 7.05 Å². The summed E-state index contributed by atoms with van der Waals surface area (Å²) >= 11 is 1.09. The number of hydrogen-bond donors (Lipinski definition) is 1. The first kappa shape index (κ1) is 10.6. The molecule has 0 spiro atoms. The second kappa shape index (κ2) is 7.71. The minimum absolute atomic E-state index is 0.678. The van der Waals surface area contributed by atoms with E-state index in [4.69, 9.17) is 5.73 Å². The molecule has 5 heteroatoms. The van der Waals surface area contributed by atoms with Crippen LogP contribution in [0.5, 0.6) is 0 Å². The maximum absolute atomic E-state index is 5.34. The molecule has 0 aliphatic heterocycles. The number of nitrogens with two attached hydrogens (primary N) is 1. The van der Waals surface area contributed by atoms with E-state index in [1.165, 1.54) is 0 Å². The lowest BCUT2D eigenvalue weighted by atomic mass is 10.5. The fourth-order valence-electron chi connectivity index (χ4n) is 0.551. The molecule has 11 heavy (non-hydrogen) atoms. The van der Waals surface area contributed by atoms with Crippen molar-refractivity contribution in [1.82, 2.24) is 4.90 Å². The molecule has 0 aromatic rings. The van der Waals surface area contributed by atoms with Crippen LogP contribution in [0.4, 0.5) is 0 Å². The van der Waals surface area contributed by atoms with Crippen LogP contribution >= 0.6 is 12.1 Å². The summed E-state index contributed by atoms with van der Waals surface area (Å²) in [5, 5.41) is 0. The average molecular weight is 174 g/mol. The van der Waals surface area contributed by atoms with Crippen molar-refractivity contribution < 1.29 is 0 Å². The summed E-state index contributed by atoms with van der Waals surface area (Å²) in [6, 6.07) is 0. The van der Waals surface area contributed by atoms with Gasteiger partial charge in [0.2, 0.25) is 0 Å². The predicted octanol–water partition coefficient (Wildman–Crippen LogP) is 0.212. The van der Waals surface area contributed by atoms with E-state index in [-0.39, 0.29) is 0 Å². The Morgan fingerprint density at radius 2 is 2.45 bits per heavy atom. The molecule has 4 nitrogen and oxygen atoms in total. The quantitative estimate of drug-likeness (QED) is 0.462. The molecule has 0 radical (unpaired) electrons. The average Bonchev–Trinajstić information content (AvgIpc) is 1.99. The van der Waals surface area contributed by atoms with Gasteiger partial charge in [0.25, 0.3) is 0 Å². The molecule has 0 aliphatic carbocycles. The molecule has 64 valence electrons. The fourth-order valence-corrected chi connectivity index (χ4v) is 0.751. The summed E-state index contributed by atoms with van der Waals surface area (Å²) < 4.78 is 7.40. The Morgan fingerprint density at radius 3 is 3.00 bits per heavy atom. The topological polar surface area (TPSA) is 54.0 Å². The lowest BCUT2D eigenvalue weighted by Crippen LogP contribution is -2.26. The second-order valence-electron chi connectivity index (χ2n) is 2.05. The smallest absolute Gasteiger partial charge is 0.114 e. The molecule has 0 bridgehead atoms. The third-order valence-electron chi connectivity index (χ3n) is 1.08. The molecule has 0 saturated heterocycles. The highest BCUT2D eigenvalue weighted by Crippen LogP contribution is 1.98. The van der Waals surface area contributed by atoms with E-state index in [1.54, 1.807) is 6.21 Å². The van der Waals surface area contributed by atoms with E-state index in [2.05, 4.69) is 20.4 Å². The zero-order chi connectivity index (χ0) is 8.53. The van der Waals surface area contributed by atoms with Crippen molar-refractivity contribution in [1.29, 1.82) is 0 Å². The summed E-state index contributed by atoms with van der Waals surface area (Å²) in [6.45, 7) is 5.65. The third kappa shape index (κ3) is 7.51. The lowest BCUT2D eigenvalue weighted by molar-refractivity contribution is 0.394. The van der Waals surface area contributed by atoms with Crippen molar-refractivity contribution in [3.8, 4) is 0 Å². The molecular formula is C6H14N4S. The fraction of sp³-hybridized carbons (Fsp3) is 0.667. The predicted molar refractivity (Wildman–Crippen MR) is 52.2 cm³/mol. The Balaban J connectivity index is 3.28. The van der Waals surface area contributed by atoms with Crippen molar-refractivity contribution in [3.05, 3.63) is 0 Å². The molecule has 0 unspecified atom stereocenters. The first-order chi connectivity index (χ1) is 5.31. The van der Waals surface area contributed by atoms with E-state index < -0.39 is 0 Å². The molecule has 0 fully saturated rings. The Morgan fingerprint density at radius 1 is 1.73 bits per heavy atom. The number of hydrogen-bond acceptors (Lipinski definition) is 5. The SMILES string of the molecule is C=NS/N=C/CN(C)CCN. The first-order valence-electron chi connectivity index (χ1n) is 3.34. The van der Waals surface area contributed by atoms with Crippen molar-refractivity contribution in [2.75, 3.05) is 26.7 Å². The van der Waals surface area contributed by atoms with Crippen LogP contribution in [0.1, 0.15) is 0 Å². The van der Waals surface area contributed by atoms with E-state index >= 15 is 0 Å². The van der Waals surface area contributed by atoms with Gasteiger partial charge < -0.3 is 5.73 Å². The van der Waals surface area contributed by atoms with Crippen LogP contribution in [-0.4, -0.2) is 44.5 Å². The van der Waals surface area contributed by atoms with Crippen molar-refractivity contribution in [3.63, 3.8) is 0 Å². The molecule has 0 rings (SSSR count). The van der Waals surface area contributed by atoms with Gasteiger partial charge in [0.15, 0.2) is 0 Å². The molecule has 0 atom stereocenters. The maximum atomic E-state index is 5.34. The van der Waals surface area contributed by atoms with Gasteiger partial charge >= 0.3 is 0 Å². The van der Waals surface area contributed by atoms with Gasteiger partial charge in [0.05, 0.1) is 0 Å². The van der Waals surface area contributed by atoms with E-state index in [0.29, 0.717) is 6.54 Å². The van der Waals surface area contributed by atoms with Crippen molar-refractivity contribution >= 4 is 25.1 Å². The van der Waals surface area contributed by atoms with Crippen LogP contribution in [0.3, 0.4) is 0 Å². The molecule has 0 saturated carbocycles. The molecule has 0 aromatic carbocycles. The number of rotatable bonds is 6. The monoisotopic (exact) mass is 174 g/mol. The molecule has 2 N–H and O–H groups in total. The molecular weight excluding hydrogens is 160 g/mol. The summed E-state index contributed by atoms with van der Waals surface area (Å²) in [5.41, 5.74) is 5.34. The van der Waals surface area contributed by atoms with E-state index in [9.17, 15) is 0 Å². The van der Waals surface area contributed by atoms with Crippen molar-refractivity contribution in [2.24, 2.45) is 14.5 Å². The molecule has 0 aliphatic rings. The maximum Gasteiger partial charge on any atom is 0.114 e. The van der Waals surface area contributed by atoms with Crippen LogP contribution < -0.4 is 5.73 Å². The number of nitrogens with zero attached hydrogens (tertiary/aromatic N) is 3. The summed E-state index contributed by atoms with van der Waals surface area (Å²) in [6.07, 6.45) is 1.79. The Labute approximate surface area is 71.8 Å². The molecule has 0 amide bonds. The highest BCUT2D eigenvalue weighted by molar-refractivity contribution is 7.96. The minimum Gasteiger partial charge on any atom is -0.329 e. The zero-order valence-electron chi connectivity index (χ0n) is 6.73. The summed E-state index contributed by atoms with van der Waals surface area (Å²) in [7, 11) is 1.99. The van der Waals surface area contributed by atoms with Gasteiger partial charge in [0, 0.05) is 32.6 Å². The highest BCUT2D eigenvalue weighted by Gasteiger charge is 1.90. The lowest BCUT2D eigenvalue weighted by Gasteiger charge is -2.10. The van der Waals surface area contributed by atoms with Gasteiger partial charge in [0.1, 0.15) is 12.1 Å².